The highest BCUT2D eigenvalue weighted by Gasteiger charge is 2.24. The number of nitrogens with one attached hydrogen (secondary N) is 1. The van der Waals surface area contributed by atoms with E-state index in [2.05, 4.69) is 10.3 Å². The van der Waals surface area contributed by atoms with Crippen molar-refractivity contribution in [2.75, 3.05) is 26.7 Å². The lowest BCUT2D eigenvalue weighted by Gasteiger charge is -2.32. The lowest BCUT2D eigenvalue weighted by molar-refractivity contribution is 0.0687. The highest BCUT2D eigenvalue weighted by molar-refractivity contribution is 5.96. The van der Waals surface area contributed by atoms with Gasteiger partial charge >= 0.3 is 5.69 Å². The highest BCUT2D eigenvalue weighted by Crippen LogP contribution is 2.21. The zero-order chi connectivity index (χ0) is 18.8. The predicted molar refractivity (Wildman–Crippen MR) is 99.4 cm³/mol. The van der Waals surface area contributed by atoms with Crippen LogP contribution in [0.4, 0.5) is 0 Å². The van der Waals surface area contributed by atoms with E-state index in [1.54, 1.807) is 13.1 Å². The Hall–Kier alpha value is -2.48. The molecular weight excluding hydrogens is 334 g/mol. The van der Waals surface area contributed by atoms with E-state index in [9.17, 15) is 14.4 Å². The van der Waals surface area contributed by atoms with Crippen LogP contribution < -0.4 is 16.6 Å². The zero-order valence-corrected chi connectivity index (χ0v) is 15.5. The van der Waals surface area contributed by atoms with Crippen molar-refractivity contribution in [3.05, 3.63) is 38.7 Å². The molecule has 0 spiro atoms. The van der Waals surface area contributed by atoms with Crippen molar-refractivity contribution in [2.24, 2.45) is 20.0 Å². The van der Waals surface area contributed by atoms with Crippen LogP contribution in [-0.2, 0) is 14.1 Å². The summed E-state index contributed by atoms with van der Waals surface area (Å²) in [5.74, 6) is 0.533. The third-order valence-corrected chi connectivity index (χ3v) is 5.24. The van der Waals surface area contributed by atoms with Crippen molar-refractivity contribution in [1.29, 1.82) is 0 Å². The van der Waals surface area contributed by atoms with Crippen LogP contribution in [0.5, 0.6) is 0 Å². The Kier molecular flexibility index (Phi) is 5.22. The van der Waals surface area contributed by atoms with Crippen molar-refractivity contribution in [1.82, 2.24) is 24.3 Å². The highest BCUT2D eigenvalue weighted by atomic mass is 16.2. The molecule has 1 aliphatic heterocycles. The number of nitrogens with zero attached hydrogens (tertiary/aromatic N) is 4. The van der Waals surface area contributed by atoms with Crippen LogP contribution in [-0.4, -0.2) is 51.6 Å². The normalized spacial score (nSPS) is 15.6. The van der Waals surface area contributed by atoms with Crippen molar-refractivity contribution >= 4 is 16.9 Å². The van der Waals surface area contributed by atoms with Gasteiger partial charge in [0.1, 0.15) is 5.65 Å². The number of amides is 1. The molecular formula is C18H25N5O3. The van der Waals surface area contributed by atoms with Gasteiger partial charge in [0.25, 0.3) is 11.5 Å². The maximum Gasteiger partial charge on any atom is 0.332 e. The number of carbonyl (C=O) groups excluding carboxylic acids is 1. The SMILES string of the molecule is CNCCC1CCN(C(=O)c2cnc3c(c2)c(=O)n(C)c(=O)n3C)CC1. The largest absolute Gasteiger partial charge is 0.339 e. The Labute approximate surface area is 151 Å². The van der Waals surface area contributed by atoms with Crippen LogP contribution >= 0.6 is 0 Å². The Balaban J connectivity index is 1.84. The van der Waals surface area contributed by atoms with Crippen molar-refractivity contribution in [3.63, 3.8) is 0 Å². The number of piperidine rings is 1. The molecule has 0 radical (unpaired) electrons. The molecule has 8 heteroatoms. The summed E-state index contributed by atoms with van der Waals surface area (Å²) in [6, 6.07) is 1.56. The minimum atomic E-state index is -0.434. The summed E-state index contributed by atoms with van der Waals surface area (Å²) >= 11 is 0. The van der Waals surface area contributed by atoms with Gasteiger partial charge in [-0.3, -0.25) is 18.7 Å². The van der Waals surface area contributed by atoms with Gasteiger partial charge in [-0.25, -0.2) is 9.78 Å². The molecule has 1 aliphatic rings. The van der Waals surface area contributed by atoms with Gasteiger partial charge in [0.05, 0.1) is 10.9 Å². The number of hydrogen-bond acceptors (Lipinski definition) is 5. The van der Waals surface area contributed by atoms with Gasteiger partial charge in [-0.05, 0) is 44.8 Å². The van der Waals surface area contributed by atoms with Gasteiger partial charge in [0.2, 0.25) is 0 Å². The van der Waals surface area contributed by atoms with E-state index >= 15 is 0 Å². The topological polar surface area (TPSA) is 89.2 Å². The minimum Gasteiger partial charge on any atom is -0.339 e. The van der Waals surface area contributed by atoms with E-state index < -0.39 is 11.2 Å². The first-order chi connectivity index (χ1) is 12.4. The van der Waals surface area contributed by atoms with Crippen molar-refractivity contribution in [2.45, 2.75) is 19.3 Å². The first-order valence-corrected chi connectivity index (χ1v) is 8.93. The van der Waals surface area contributed by atoms with Crippen LogP contribution in [0, 0.1) is 5.92 Å². The van der Waals surface area contributed by atoms with E-state index in [0.717, 1.165) is 43.5 Å². The maximum atomic E-state index is 12.8. The quantitative estimate of drug-likeness (QED) is 0.836. The number of pyridine rings is 1. The summed E-state index contributed by atoms with van der Waals surface area (Å²) in [6.45, 7) is 2.43. The Morgan fingerprint density at radius 2 is 1.92 bits per heavy atom. The van der Waals surface area contributed by atoms with Gasteiger partial charge in [0, 0.05) is 33.4 Å². The van der Waals surface area contributed by atoms with Crippen LogP contribution in [0.3, 0.4) is 0 Å². The van der Waals surface area contributed by atoms with E-state index in [4.69, 9.17) is 0 Å². The summed E-state index contributed by atoms with van der Waals surface area (Å²) in [7, 11) is 4.94. The number of fused-ring (bicyclic) bond motifs is 1. The first kappa shape index (κ1) is 18.3. The van der Waals surface area contributed by atoms with Crippen LogP contribution in [0.1, 0.15) is 29.6 Å². The van der Waals surface area contributed by atoms with Gasteiger partial charge < -0.3 is 10.2 Å². The minimum absolute atomic E-state index is 0.109. The Bertz CT molecular complexity index is 938. The summed E-state index contributed by atoms with van der Waals surface area (Å²) in [5.41, 5.74) is -0.184. The molecule has 26 heavy (non-hydrogen) atoms. The standard InChI is InChI=1S/C18H25N5O3/c1-19-7-4-12-5-8-23(9-6-12)16(24)13-10-14-15(20-11-13)21(2)18(26)22(3)17(14)25/h10-12,19H,4-9H2,1-3H3. The molecule has 0 aliphatic carbocycles. The Morgan fingerprint density at radius 3 is 2.58 bits per heavy atom. The van der Waals surface area contributed by atoms with Crippen molar-refractivity contribution in [3.8, 4) is 0 Å². The second-order valence-corrected chi connectivity index (χ2v) is 6.93. The lowest BCUT2D eigenvalue weighted by Crippen LogP contribution is -2.39. The van der Waals surface area contributed by atoms with Gasteiger partial charge in [-0.2, -0.15) is 0 Å². The molecule has 1 amide bonds. The molecule has 3 rings (SSSR count). The van der Waals surface area contributed by atoms with Crippen LogP contribution in [0.15, 0.2) is 21.9 Å². The van der Waals surface area contributed by atoms with Crippen LogP contribution in [0.2, 0.25) is 0 Å². The molecule has 0 saturated carbocycles. The number of aromatic nitrogens is 3. The molecule has 2 aromatic rings. The summed E-state index contributed by atoms with van der Waals surface area (Å²) < 4.78 is 2.35. The second kappa shape index (κ2) is 7.41. The van der Waals surface area contributed by atoms with Gasteiger partial charge in [-0.1, -0.05) is 0 Å². The fourth-order valence-corrected chi connectivity index (χ4v) is 3.54. The van der Waals surface area contributed by atoms with E-state index in [1.807, 2.05) is 11.9 Å². The number of likely N-dealkylation sites (tertiary alicyclic amines) is 1. The van der Waals surface area contributed by atoms with E-state index in [-0.39, 0.29) is 11.3 Å². The first-order valence-electron chi connectivity index (χ1n) is 8.93. The maximum absolute atomic E-state index is 12.8. The number of hydrogen-bond donors (Lipinski definition) is 1. The summed E-state index contributed by atoms with van der Waals surface area (Å²) in [6.07, 6.45) is 4.56. The van der Waals surface area contributed by atoms with E-state index in [1.165, 1.54) is 17.8 Å². The smallest absolute Gasteiger partial charge is 0.332 e. The number of carbonyl (C=O) groups is 1. The molecule has 0 aromatic carbocycles. The average Bonchev–Trinajstić information content (AvgIpc) is 2.68. The van der Waals surface area contributed by atoms with Crippen molar-refractivity contribution < 1.29 is 4.79 Å². The monoisotopic (exact) mass is 359 g/mol. The molecule has 2 aromatic heterocycles. The number of rotatable bonds is 4. The molecule has 1 saturated heterocycles. The van der Waals surface area contributed by atoms with Crippen LogP contribution in [0.25, 0.3) is 11.0 Å². The fourth-order valence-electron chi connectivity index (χ4n) is 3.54. The lowest BCUT2D eigenvalue weighted by atomic mass is 9.93. The summed E-state index contributed by atoms with van der Waals surface area (Å²) in [4.78, 5) is 43.2. The molecule has 1 fully saturated rings. The molecule has 0 atom stereocenters. The van der Waals surface area contributed by atoms with Gasteiger partial charge in [-0.15, -0.1) is 0 Å². The zero-order valence-electron chi connectivity index (χ0n) is 15.5. The molecule has 0 unspecified atom stereocenters. The predicted octanol–water partition coefficient (Wildman–Crippen LogP) is 0.0939. The average molecular weight is 359 g/mol. The molecule has 3 heterocycles. The van der Waals surface area contributed by atoms with E-state index in [0.29, 0.717) is 17.1 Å². The molecule has 8 nitrogen and oxygen atoms in total. The molecule has 0 bridgehead atoms. The number of aryl methyl sites for hydroxylation is 1. The van der Waals surface area contributed by atoms with Gasteiger partial charge in [0.15, 0.2) is 0 Å². The summed E-state index contributed by atoms with van der Waals surface area (Å²) in [5, 5.41) is 3.45. The fraction of sp³-hybridized carbons (Fsp3) is 0.556. The molecule has 140 valence electrons. The Morgan fingerprint density at radius 1 is 1.23 bits per heavy atom. The second-order valence-electron chi connectivity index (χ2n) is 6.93. The third-order valence-electron chi connectivity index (χ3n) is 5.24. The third kappa shape index (κ3) is 3.29. The molecule has 1 N–H and O–H groups in total.